The van der Waals surface area contributed by atoms with Crippen molar-refractivity contribution in [1.82, 2.24) is 0 Å². The van der Waals surface area contributed by atoms with Crippen LogP contribution in [0.5, 0.6) is 17.2 Å². The van der Waals surface area contributed by atoms with Crippen molar-refractivity contribution in [3.05, 3.63) is 90.0 Å². The van der Waals surface area contributed by atoms with Gasteiger partial charge >= 0.3 is 5.97 Å². The smallest absolute Gasteiger partial charge is 0.342 e. The first-order valence-corrected chi connectivity index (χ1v) is 8.33. The largest absolute Gasteiger partial charge is 0.497 e. The Balaban J connectivity index is 1.66. The zero-order chi connectivity index (χ0) is 19.1. The summed E-state index contributed by atoms with van der Waals surface area (Å²) in [6.07, 6.45) is 0. The second-order valence-electron chi connectivity index (χ2n) is 5.64. The van der Waals surface area contributed by atoms with E-state index in [1.165, 1.54) is 0 Å². The molecule has 0 heterocycles. The first-order valence-electron chi connectivity index (χ1n) is 8.33. The first-order chi connectivity index (χ1) is 13.2. The second kappa shape index (κ2) is 8.67. The summed E-state index contributed by atoms with van der Waals surface area (Å²) in [5.74, 6) is 0.698. The minimum absolute atomic E-state index is 0.254. The molecule has 5 heteroatoms. The van der Waals surface area contributed by atoms with E-state index < -0.39 is 5.97 Å². The Morgan fingerprint density at radius 3 is 2.15 bits per heavy atom. The average molecular weight is 362 g/mol. The van der Waals surface area contributed by atoms with Crippen molar-refractivity contribution in [2.24, 2.45) is 0 Å². The van der Waals surface area contributed by atoms with Gasteiger partial charge in [0.25, 0.3) is 0 Å². The van der Waals surface area contributed by atoms with Gasteiger partial charge in [-0.1, -0.05) is 30.3 Å². The summed E-state index contributed by atoms with van der Waals surface area (Å²) in [6.45, 7) is -0.356. The molecule has 0 saturated heterocycles. The van der Waals surface area contributed by atoms with Crippen LogP contribution in [0.15, 0.2) is 78.9 Å². The van der Waals surface area contributed by atoms with Gasteiger partial charge in [-0.15, -0.1) is 0 Å². The van der Waals surface area contributed by atoms with Gasteiger partial charge in [-0.05, 0) is 48.5 Å². The normalized spacial score (nSPS) is 10.1. The standard InChI is InChI=1S/C22H18O5/c1-25-17-13-11-16(12-14-17)20(23)15-26-22(24)19-9-5-6-10-21(19)27-18-7-3-2-4-8-18/h2-14H,15H2,1H3. The van der Waals surface area contributed by atoms with E-state index in [-0.39, 0.29) is 18.0 Å². The fourth-order valence-corrected chi connectivity index (χ4v) is 2.41. The van der Waals surface area contributed by atoms with Gasteiger partial charge in [0.05, 0.1) is 7.11 Å². The Kier molecular flexibility index (Phi) is 5.84. The number of hydrogen-bond donors (Lipinski definition) is 0. The van der Waals surface area contributed by atoms with Gasteiger partial charge in [-0.2, -0.15) is 0 Å². The molecule has 0 N–H and O–H groups in total. The summed E-state index contributed by atoms with van der Waals surface area (Å²) >= 11 is 0. The predicted octanol–water partition coefficient (Wildman–Crippen LogP) is 4.53. The first kappa shape index (κ1) is 18.2. The molecule has 0 aliphatic carbocycles. The number of rotatable bonds is 7. The molecule has 0 bridgehead atoms. The van der Waals surface area contributed by atoms with Crippen molar-refractivity contribution < 1.29 is 23.8 Å². The molecule has 0 aliphatic rings. The molecule has 3 aromatic rings. The molecule has 0 aliphatic heterocycles. The van der Waals surface area contributed by atoms with Crippen LogP contribution in [0.4, 0.5) is 0 Å². The summed E-state index contributed by atoms with van der Waals surface area (Å²) in [5.41, 5.74) is 0.696. The Hall–Kier alpha value is -3.60. The van der Waals surface area contributed by atoms with Crippen molar-refractivity contribution in [3.8, 4) is 17.2 Å². The van der Waals surface area contributed by atoms with Crippen molar-refractivity contribution >= 4 is 11.8 Å². The van der Waals surface area contributed by atoms with Crippen LogP contribution in [0.3, 0.4) is 0 Å². The van der Waals surface area contributed by atoms with Gasteiger partial charge in [0.2, 0.25) is 0 Å². The Morgan fingerprint density at radius 1 is 0.778 bits per heavy atom. The predicted molar refractivity (Wildman–Crippen MR) is 101 cm³/mol. The van der Waals surface area contributed by atoms with Crippen molar-refractivity contribution in [2.75, 3.05) is 13.7 Å². The van der Waals surface area contributed by atoms with E-state index in [2.05, 4.69) is 0 Å². The summed E-state index contributed by atoms with van der Waals surface area (Å²) in [6, 6.07) is 22.5. The highest BCUT2D eigenvalue weighted by Crippen LogP contribution is 2.25. The van der Waals surface area contributed by atoms with E-state index in [4.69, 9.17) is 14.2 Å². The monoisotopic (exact) mass is 362 g/mol. The number of ketones is 1. The molecule has 0 atom stereocenters. The fraction of sp³-hybridized carbons (Fsp3) is 0.0909. The van der Waals surface area contributed by atoms with Crippen LogP contribution in [0, 0.1) is 0 Å². The lowest BCUT2D eigenvalue weighted by atomic mass is 10.1. The van der Waals surface area contributed by atoms with Crippen molar-refractivity contribution in [3.63, 3.8) is 0 Å². The summed E-state index contributed by atoms with van der Waals surface area (Å²) in [5, 5.41) is 0. The third-order valence-corrected chi connectivity index (χ3v) is 3.82. The third-order valence-electron chi connectivity index (χ3n) is 3.82. The molecule has 5 nitrogen and oxygen atoms in total. The Labute approximate surface area is 157 Å². The molecule has 136 valence electrons. The molecular formula is C22H18O5. The van der Waals surface area contributed by atoms with Crippen LogP contribution in [0.1, 0.15) is 20.7 Å². The Bertz CT molecular complexity index is 917. The lowest BCUT2D eigenvalue weighted by Gasteiger charge is -2.11. The second-order valence-corrected chi connectivity index (χ2v) is 5.64. The molecule has 0 saturated carbocycles. The molecule has 0 unspecified atom stereocenters. The molecule has 0 radical (unpaired) electrons. The number of para-hydroxylation sites is 2. The molecule has 27 heavy (non-hydrogen) atoms. The van der Waals surface area contributed by atoms with Crippen LogP contribution in [-0.4, -0.2) is 25.5 Å². The molecule has 0 amide bonds. The number of carbonyl (C=O) groups excluding carboxylic acids is 2. The van der Waals surface area contributed by atoms with Gasteiger partial charge in [-0.3, -0.25) is 4.79 Å². The maximum atomic E-state index is 12.4. The zero-order valence-corrected chi connectivity index (χ0v) is 14.8. The molecular weight excluding hydrogens is 344 g/mol. The summed E-state index contributed by atoms with van der Waals surface area (Å²) < 4.78 is 16.0. The van der Waals surface area contributed by atoms with E-state index in [0.717, 1.165) is 0 Å². The van der Waals surface area contributed by atoms with Crippen molar-refractivity contribution in [2.45, 2.75) is 0 Å². The van der Waals surface area contributed by atoms with E-state index in [0.29, 0.717) is 22.8 Å². The van der Waals surface area contributed by atoms with Crippen LogP contribution >= 0.6 is 0 Å². The highest BCUT2D eigenvalue weighted by atomic mass is 16.5. The van der Waals surface area contributed by atoms with Gasteiger partial charge in [0.15, 0.2) is 12.4 Å². The highest BCUT2D eigenvalue weighted by Gasteiger charge is 2.16. The van der Waals surface area contributed by atoms with Crippen LogP contribution in [0.25, 0.3) is 0 Å². The Morgan fingerprint density at radius 2 is 1.44 bits per heavy atom. The highest BCUT2D eigenvalue weighted by molar-refractivity contribution is 6.00. The number of carbonyl (C=O) groups is 2. The molecule has 0 spiro atoms. The SMILES string of the molecule is COc1ccc(C(=O)COC(=O)c2ccccc2Oc2ccccc2)cc1. The number of methoxy groups -OCH3 is 1. The minimum Gasteiger partial charge on any atom is -0.497 e. The maximum Gasteiger partial charge on any atom is 0.342 e. The third kappa shape index (κ3) is 4.73. The zero-order valence-electron chi connectivity index (χ0n) is 14.8. The summed E-state index contributed by atoms with van der Waals surface area (Å²) in [7, 11) is 1.55. The van der Waals surface area contributed by atoms with E-state index in [1.807, 2.05) is 18.2 Å². The van der Waals surface area contributed by atoms with Gasteiger partial charge in [0, 0.05) is 5.56 Å². The van der Waals surface area contributed by atoms with E-state index in [1.54, 1.807) is 67.8 Å². The molecule has 3 rings (SSSR count). The topological polar surface area (TPSA) is 61.8 Å². The van der Waals surface area contributed by atoms with Crippen molar-refractivity contribution in [1.29, 1.82) is 0 Å². The lowest BCUT2D eigenvalue weighted by molar-refractivity contribution is 0.0472. The molecule has 0 aromatic heterocycles. The van der Waals surface area contributed by atoms with E-state index >= 15 is 0 Å². The van der Waals surface area contributed by atoms with Crippen LogP contribution in [-0.2, 0) is 4.74 Å². The van der Waals surface area contributed by atoms with Crippen LogP contribution < -0.4 is 9.47 Å². The molecule has 3 aromatic carbocycles. The lowest BCUT2D eigenvalue weighted by Crippen LogP contribution is -2.14. The number of Topliss-reactive ketones (excluding diaryl/α,β-unsaturated/α-hetero) is 1. The van der Waals surface area contributed by atoms with Gasteiger partial charge in [0.1, 0.15) is 22.8 Å². The summed E-state index contributed by atoms with van der Waals surface area (Å²) in [4.78, 5) is 24.6. The number of hydrogen-bond acceptors (Lipinski definition) is 5. The minimum atomic E-state index is -0.622. The number of benzene rings is 3. The molecule has 0 fully saturated rings. The average Bonchev–Trinajstić information content (AvgIpc) is 2.73. The fourth-order valence-electron chi connectivity index (χ4n) is 2.41. The number of esters is 1. The van der Waals surface area contributed by atoms with E-state index in [9.17, 15) is 9.59 Å². The van der Waals surface area contributed by atoms with Gasteiger partial charge < -0.3 is 14.2 Å². The number of ether oxygens (including phenoxy) is 3. The maximum absolute atomic E-state index is 12.4. The van der Waals surface area contributed by atoms with Gasteiger partial charge in [-0.25, -0.2) is 4.79 Å². The van der Waals surface area contributed by atoms with Crippen LogP contribution in [0.2, 0.25) is 0 Å². The quantitative estimate of drug-likeness (QED) is 0.456.